The van der Waals surface area contributed by atoms with Gasteiger partial charge in [-0.15, -0.1) is 0 Å². The Balaban J connectivity index is 1.65. The maximum Gasteiger partial charge on any atom is 0.325 e. The van der Waals surface area contributed by atoms with Crippen molar-refractivity contribution >= 4 is 22.8 Å². The molecule has 7 heteroatoms. The zero-order chi connectivity index (χ0) is 20.4. The number of aromatic nitrogens is 1. The molecule has 1 saturated heterocycles. The number of aromatic amines is 1. The SMILES string of the molecule is NC(=O)[C@@H]1CCCN1C(C(=O)O)c1c[nH]c2ccc(OCc3ccccc3)cc12. The van der Waals surface area contributed by atoms with Crippen molar-refractivity contribution in [3.63, 3.8) is 0 Å². The van der Waals surface area contributed by atoms with Gasteiger partial charge >= 0.3 is 5.97 Å². The number of nitrogens with zero attached hydrogens (tertiary/aromatic N) is 1. The van der Waals surface area contributed by atoms with Gasteiger partial charge in [-0.1, -0.05) is 30.3 Å². The van der Waals surface area contributed by atoms with E-state index in [0.717, 1.165) is 22.9 Å². The Morgan fingerprint density at radius 3 is 2.76 bits per heavy atom. The first-order valence-corrected chi connectivity index (χ1v) is 9.60. The molecule has 1 aromatic heterocycles. The lowest BCUT2D eigenvalue weighted by atomic mass is 10.0. The molecular weight excluding hydrogens is 370 g/mol. The Kier molecular flexibility index (Phi) is 5.22. The first kappa shape index (κ1) is 19.0. The maximum absolute atomic E-state index is 12.2. The number of rotatable bonds is 7. The van der Waals surface area contributed by atoms with E-state index in [1.165, 1.54) is 0 Å². The first-order valence-electron chi connectivity index (χ1n) is 9.60. The number of nitrogens with two attached hydrogens (primary N) is 1. The molecule has 2 aromatic carbocycles. The fraction of sp³-hybridized carbons (Fsp3) is 0.273. The molecule has 3 aromatic rings. The third kappa shape index (κ3) is 3.82. The number of amides is 1. The number of carboxylic acids is 1. The summed E-state index contributed by atoms with van der Waals surface area (Å²) < 4.78 is 5.90. The molecule has 0 bridgehead atoms. The van der Waals surface area contributed by atoms with E-state index in [4.69, 9.17) is 10.5 Å². The van der Waals surface area contributed by atoms with E-state index in [9.17, 15) is 14.7 Å². The number of likely N-dealkylation sites (tertiary alicyclic amines) is 1. The molecule has 0 radical (unpaired) electrons. The summed E-state index contributed by atoms with van der Waals surface area (Å²) in [7, 11) is 0. The fourth-order valence-electron chi connectivity index (χ4n) is 4.04. The third-order valence-electron chi connectivity index (χ3n) is 5.42. The second-order valence-corrected chi connectivity index (χ2v) is 7.26. The number of carboxylic acid groups (broad SMARTS) is 1. The van der Waals surface area contributed by atoms with Crippen molar-refractivity contribution in [2.45, 2.75) is 31.5 Å². The van der Waals surface area contributed by atoms with Crippen LogP contribution in [0.2, 0.25) is 0 Å². The molecule has 1 fully saturated rings. The zero-order valence-corrected chi connectivity index (χ0v) is 15.9. The minimum atomic E-state index is -1.00. The summed E-state index contributed by atoms with van der Waals surface area (Å²) in [5.41, 5.74) is 7.97. The monoisotopic (exact) mass is 393 g/mol. The fourth-order valence-corrected chi connectivity index (χ4v) is 4.04. The predicted octanol–water partition coefficient (Wildman–Crippen LogP) is 2.82. The Hall–Kier alpha value is -3.32. The number of carbonyl (C=O) groups is 2. The number of primary amides is 1. The van der Waals surface area contributed by atoms with Crippen molar-refractivity contribution in [1.82, 2.24) is 9.88 Å². The highest BCUT2D eigenvalue weighted by Gasteiger charge is 2.39. The van der Waals surface area contributed by atoms with Crippen molar-refractivity contribution in [3.8, 4) is 5.75 Å². The highest BCUT2D eigenvalue weighted by Crippen LogP contribution is 2.35. The number of carbonyl (C=O) groups excluding carboxylic acids is 1. The van der Waals surface area contributed by atoms with Crippen LogP contribution in [0, 0.1) is 0 Å². The van der Waals surface area contributed by atoms with Gasteiger partial charge in [-0.05, 0) is 36.6 Å². The Morgan fingerprint density at radius 2 is 2.03 bits per heavy atom. The molecule has 1 amide bonds. The largest absolute Gasteiger partial charge is 0.489 e. The molecule has 7 nitrogen and oxygen atoms in total. The van der Waals surface area contributed by atoms with E-state index in [-0.39, 0.29) is 0 Å². The molecule has 0 spiro atoms. The Labute approximate surface area is 168 Å². The van der Waals surface area contributed by atoms with Gasteiger partial charge in [0.25, 0.3) is 0 Å². The Bertz CT molecular complexity index is 1030. The summed E-state index contributed by atoms with van der Waals surface area (Å²) in [6, 6.07) is 13.9. The summed E-state index contributed by atoms with van der Waals surface area (Å²) in [6.45, 7) is 0.936. The van der Waals surface area contributed by atoms with Gasteiger partial charge in [-0.25, -0.2) is 0 Å². The summed E-state index contributed by atoms with van der Waals surface area (Å²) in [4.78, 5) is 28.8. The maximum atomic E-state index is 12.2. The molecule has 2 atom stereocenters. The van der Waals surface area contributed by atoms with Crippen LogP contribution in [0.3, 0.4) is 0 Å². The van der Waals surface area contributed by atoms with Crippen LogP contribution in [0.5, 0.6) is 5.75 Å². The number of fused-ring (bicyclic) bond motifs is 1. The van der Waals surface area contributed by atoms with Gasteiger partial charge < -0.3 is 20.6 Å². The van der Waals surface area contributed by atoms with Crippen LogP contribution < -0.4 is 10.5 Å². The smallest absolute Gasteiger partial charge is 0.325 e. The van der Waals surface area contributed by atoms with Gasteiger partial charge in [-0.2, -0.15) is 0 Å². The summed E-state index contributed by atoms with van der Waals surface area (Å²) in [5.74, 6) is -0.839. The average molecular weight is 393 g/mol. The molecule has 1 aliphatic heterocycles. The van der Waals surface area contributed by atoms with Crippen molar-refractivity contribution in [2.75, 3.05) is 6.54 Å². The highest BCUT2D eigenvalue weighted by molar-refractivity contribution is 5.90. The lowest BCUT2D eigenvalue weighted by molar-refractivity contribution is -0.144. The standard InChI is InChI=1S/C22H23N3O4/c23-21(26)19-7-4-10-25(19)20(22(27)28)17-12-24-18-9-8-15(11-16(17)18)29-13-14-5-2-1-3-6-14/h1-3,5-6,8-9,11-12,19-20,24H,4,7,10,13H2,(H2,23,26)(H,27,28)/t19-,20?/m0/s1. The topological polar surface area (TPSA) is 109 Å². The number of hydrogen-bond donors (Lipinski definition) is 3. The van der Waals surface area contributed by atoms with E-state index >= 15 is 0 Å². The van der Waals surface area contributed by atoms with Gasteiger partial charge in [0.1, 0.15) is 18.4 Å². The van der Waals surface area contributed by atoms with Crippen molar-refractivity contribution < 1.29 is 19.4 Å². The van der Waals surface area contributed by atoms with E-state index < -0.39 is 24.0 Å². The van der Waals surface area contributed by atoms with Crippen LogP contribution in [0.4, 0.5) is 0 Å². The molecule has 4 rings (SSSR count). The zero-order valence-electron chi connectivity index (χ0n) is 15.9. The van der Waals surface area contributed by atoms with Crippen LogP contribution >= 0.6 is 0 Å². The van der Waals surface area contributed by atoms with Crippen molar-refractivity contribution in [1.29, 1.82) is 0 Å². The van der Waals surface area contributed by atoms with Gasteiger partial charge in [0, 0.05) is 29.2 Å². The van der Waals surface area contributed by atoms with E-state index in [1.807, 2.05) is 48.5 Å². The van der Waals surface area contributed by atoms with Crippen molar-refractivity contribution in [3.05, 3.63) is 65.9 Å². The van der Waals surface area contributed by atoms with E-state index in [1.54, 1.807) is 11.1 Å². The lowest BCUT2D eigenvalue weighted by Crippen LogP contribution is -2.44. The average Bonchev–Trinajstić information content (AvgIpc) is 3.35. The molecule has 150 valence electrons. The number of H-pyrrole nitrogens is 1. The van der Waals surface area contributed by atoms with Crippen molar-refractivity contribution in [2.24, 2.45) is 5.73 Å². The Morgan fingerprint density at radius 1 is 1.24 bits per heavy atom. The molecule has 29 heavy (non-hydrogen) atoms. The normalized spacial score (nSPS) is 18.0. The number of ether oxygens (including phenoxy) is 1. The second kappa shape index (κ2) is 7.97. The number of hydrogen-bond acceptors (Lipinski definition) is 4. The van der Waals surface area contributed by atoms with Crippen LogP contribution in [0.15, 0.2) is 54.7 Å². The molecular formula is C22H23N3O4. The summed E-state index contributed by atoms with van der Waals surface area (Å²) >= 11 is 0. The molecule has 4 N–H and O–H groups in total. The lowest BCUT2D eigenvalue weighted by Gasteiger charge is -2.28. The molecule has 1 aliphatic rings. The van der Waals surface area contributed by atoms with Crippen LogP contribution in [0.1, 0.15) is 30.0 Å². The van der Waals surface area contributed by atoms with Gasteiger partial charge in [-0.3, -0.25) is 14.5 Å². The van der Waals surface area contributed by atoms with Gasteiger partial charge in [0.05, 0.1) is 6.04 Å². The predicted molar refractivity (Wildman–Crippen MR) is 108 cm³/mol. The van der Waals surface area contributed by atoms with E-state index in [2.05, 4.69) is 4.98 Å². The molecule has 0 saturated carbocycles. The molecule has 1 unspecified atom stereocenters. The van der Waals surface area contributed by atoms with Gasteiger partial charge in [0.2, 0.25) is 5.91 Å². The second-order valence-electron chi connectivity index (χ2n) is 7.26. The minimum Gasteiger partial charge on any atom is -0.489 e. The van der Waals surface area contributed by atoms with Crippen LogP contribution in [-0.2, 0) is 16.2 Å². The van der Waals surface area contributed by atoms with Gasteiger partial charge in [0.15, 0.2) is 0 Å². The number of nitrogens with one attached hydrogen (secondary N) is 1. The minimum absolute atomic E-state index is 0.421. The van der Waals surface area contributed by atoms with Crippen LogP contribution in [-0.4, -0.2) is 39.5 Å². The number of benzene rings is 2. The van der Waals surface area contributed by atoms with Crippen LogP contribution in [0.25, 0.3) is 10.9 Å². The highest BCUT2D eigenvalue weighted by atomic mass is 16.5. The third-order valence-corrected chi connectivity index (χ3v) is 5.42. The number of aliphatic carboxylic acids is 1. The first-order chi connectivity index (χ1) is 14.0. The quantitative estimate of drug-likeness (QED) is 0.572. The summed E-state index contributed by atoms with van der Waals surface area (Å²) in [6.07, 6.45) is 3.01. The van der Waals surface area contributed by atoms with E-state index in [0.29, 0.717) is 30.9 Å². The summed E-state index contributed by atoms with van der Waals surface area (Å²) in [5, 5.41) is 10.7. The molecule has 0 aliphatic carbocycles. The molecule has 2 heterocycles.